The van der Waals surface area contributed by atoms with E-state index in [1.165, 1.54) is 4.90 Å². The van der Waals surface area contributed by atoms with Crippen molar-refractivity contribution in [3.63, 3.8) is 0 Å². The van der Waals surface area contributed by atoms with E-state index < -0.39 is 12.0 Å². The maximum atomic E-state index is 12.3. The van der Waals surface area contributed by atoms with Crippen LogP contribution >= 0.6 is 0 Å². The summed E-state index contributed by atoms with van der Waals surface area (Å²) in [5.41, 5.74) is 1.07. The van der Waals surface area contributed by atoms with Gasteiger partial charge in [0.2, 0.25) is 0 Å². The predicted molar refractivity (Wildman–Crippen MR) is 64.2 cm³/mol. The van der Waals surface area contributed by atoms with Crippen LogP contribution in [0.1, 0.15) is 35.9 Å². The third kappa shape index (κ3) is 2.23. The van der Waals surface area contributed by atoms with Crippen molar-refractivity contribution in [2.75, 3.05) is 6.54 Å². The predicted octanol–water partition coefficient (Wildman–Crippen LogP) is 1.04. The molecule has 18 heavy (non-hydrogen) atoms. The van der Waals surface area contributed by atoms with Crippen molar-refractivity contribution in [1.29, 1.82) is 0 Å². The van der Waals surface area contributed by atoms with Gasteiger partial charge in [-0.05, 0) is 31.7 Å². The number of nitrogens with zero attached hydrogens (tertiary/aromatic N) is 2. The molecule has 0 aliphatic carbocycles. The molecule has 1 aromatic rings. The van der Waals surface area contributed by atoms with E-state index in [1.807, 2.05) is 6.92 Å². The molecule has 6 nitrogen and oxygen atoms in total. The molecule has 98 valence electrons. The van der Waals surface area contributed by atoms with E-state index in [4.69, 9.17) is 0 Å². The van der Waals surface area contributed by atoms with Crippen LogP contribution in [-0.4, -0.2) is 44.7 Å². The summed E-state index contributed by atoms with van der Waals surface area (Å²) in [5.74, 6) is -1.28. The first-order chi connectivity index (χ1) is 8.50. The first-order valence-corrected chi connectivity index (χ1v) is 6.06. The number of nitrogens with one attached hydrogen (secondary N) is 1. The zero-order valence-electron chi connectivity index (χ0n) is 10.5. The number of aryl methyl sites for hydroxylation is 1. The number of H-pyrrole nitrogens is 1. The highest BCUT2D eigenvalue weighted by molar-refractivity contribution is 5.95. The van der Waals surface area contributed by atoms with Crippen LogP contribution in [0.3, 0.4) is 0 Å². The van der Waals surface area contributed by atoms with Gasteiger partial charge in [-0.1, -0.05) is 6.92 Å². The van der Waals surface area contributed by atoms with Crippen LogP contribution in [0.15, 0.2) is 6.07 Å². The number of carboxylic acid groups (broad SMARTS) is 1. The largest absolute Gasteiger partial charge is 0.480 e. The Labute approximate surface area is 105 Å². The summed E-state index contributed by atoms with van der Waals surface area (Å²) in [6, 6.07) is 0.892. The molecule has 2 rings (SSSR count). The lowest BCUT2D eigenvalue weighted by molar-refractivity contribution is -0.145. The van der Waals surface area contributed by atoms with Crippen LogP contribution in [0.5, 0.6) is 0 Å². The van der Waals surface area contributed by atoms with Gasteiger partial charge < -0.3 is 10.0 Å². The average Bonchev–Trinajstić information content (AvgIpc) is 2.74. The lowest BCUT2D eigenvalue weighted by atomic mass is 9.90. The number of carbonyl (C=O) groups is 2. The van der Waals surface area contributed by atoms with E-state index in [-0.39, 0.29) is 17.5 Å². The molecule has 2 N–H and O–H groups in total. The van der Waals surface area contributed by atoms with Crippen LogP contribution in [-0.2, 0) is 4.79 Å². The molecule has 6 heteroatoms. The Morgan fingerprint density at radius 3 is 2.83 bits per heavy atom. The molecular formula is C12H17N3O3. The van der Waals surface area contributed by atoms with Crippen LogP contribution in [0.4, 0.5) is 0 Å². The number of hydrogen-bond acceptors (Lipinski definition) is 3. The van der Waals surface area contributed by atoms with Crippen molar-refractivity contribution in [3.05, 3.63) is 17.5 Å². The van der Waals surface area contributed by atoms with E-state index in [1.54, 1.807) is 13.0 Å². The van der Waals surface area contributed by atoms with Crippen molar-refractivity contribution in [2.45, 2.75) is 32.7 Å². The second-order valence-electron chi connectivity index (χ2n) is 4.84. The van der Waals surface area contributed by atoms with Crippen molar-refractivity contribution < 1.29 is 14.7 Å². The zero-order valence-corrected chi connectivity index (χ0v) is 10.5. The van der Waals surface area contributed by atoms with Crippen LogP contribution in [0.2, 0.25) is 0 Å². The smallest absolute Gasteiger partial charge is 0.326 e. The highest BCUT2D eigenvalue weighted by atomic mass is 16.4. The summed E-state index contributed by atoms with van der Waals surface area (Å²) in [4.78, 5) is 25.0. The summed E-state index contributed by atoms with van der Waals surface area (Å²) in [7, 11) is 0. The van der Waals surface area contributed by atoms with Crippen molar-refractivity contribution in [2.24, 2.45) is 5.92 Å². The minimum Gasteiger partial charge on any atom is -0.480 e. The molecule has 1 aliphatic rings. The summed E-state index contributed by atoms with van der Waals surface area (Å²) < 4.78 is 0. The molecule has 2 heterocycles. The van der Waals surface area contributed by atoms with E-state index in [0.29, 0.717) is 6.54 Å². The van der Waals surface area contributed by atoms with E-state index in [9.17, 15) is 14.7 Å². The first-order valence-electron chi connectivity index (χ1n) is 6.06. The van der Waals surface area contributed by atoms with E-state index in [0.717, 1.165) is 18.5 Å². The van der Waals surface area contributed by atoms with Crippen LogP contribution in [0, 0.1) is 12.8 Å². The second-order valence-corrected chi connectivity index (χ2v) is 4.84. The number of aliphatic carboxylic acids is 1. The lowest BCUT2D eigenvalue weighted by Gasteiger charge is -2.36. The highest BCUT2D eigenvalue weighted by Gasteiger charge is 2.37. The van der Waals surface area contributed by atoms with Crippen LogP contribution < -0.4 is 0 Å². The van der Waals surface area contributed by atoms with E-state index in [2.05, 4.69) is 10.2 Å². The summed E-state index contributed by atoms with van der Waals surface area (Å²) in [6.45, 7) is 4.15. The highest BCUT2D eigenvalue weighted by Crippen LogP contribution is 2.24. The molecule has 2 unspecified atom stereocenters. The fraction of sp³-hybridized carbons (Fsp3) is 0.583. The SMILES string of the molecule is Cc1cc(C(=O)N2CCCC(C)C2C(=O)O)n[nH]1. The molecule has 2 atom stereocenters. The minimum absolute atomic E-state index is 0.0276. The van der Waals surface area contributed by atoms with Gasteiger partial charge in [0.05, 0.1) is 0 Å². The number of aromatic amines is 1. The Morgan fingerprint density at radius 1 is 1.56 bits per heavy atom. The Morgan fingerprint density at radius 2 is 2.28 bits per heavy atom. The van der Waals surface area contributed by atoms with Gasteiger partial charge in [0, 0.05) is 12.2 Å². The van der Waals surface area contributed by atoms with Gasteiger partial charge in [0.1, 0.15) is 11.7 Å². The quantitative estimate of drug-likeness (QED) is 0.822. The second kappa shape index (κ2) is 4.80. The minimum atomic E-state index is -0.942. The number of aromatic nitrogens is 2. The van der Waals surface area contributed by atoms with Gasteiger partial charge >= 0.3 is 5.97 Å². The first kappa shape index (κ1) is 12.6. The van der Waals surface area contributed by atoms with Gasteiger partial charge in [0.25, 0.3) is 5.91 Å². The standard InChI is InChI=1S/C12H17N3O3/c1-7-4-3-5-15(10(7)12(17)18)11(16)9-6-8(2)13-14-9/h6-7,10H,3-5H2,1-2H3,(H,13,14)(H,17,18). The Balaban J connectivity index is 2.24. The topological polar surface area (TPSA) is 86.3 Å². The molecule has 1 aromatic heterocycles. The number of piperidine rings is 1. The molecule has 1 aliphatic heterocycles. The summed E-state index contributed by atoms with van der Waals surface area (Å²) in [5, 5.41) is 15.9. The number of likely N-dealkylation sites (tertiary alicyclic amines) is 1. The normalized spacial score (nSPS) is 24.0. The molecule has 1 fully saturated rings. The molecule has 1 saturated heterocycles. The molecule has 0 bridgehead atoms. The Kier molecular flexibility index (Phi) is 3.36. The van der Waals surface area contributed by atoms with Gasteiger partial charge in [-0.2, -0.15) is 5.10 Å². The van der Waals surface area contributed by atoms with E-state index >= 15 is 0 Å². The van der Waals surface area contributed by atoms with Gasteiger partial charge in [0.15, 0.2) is 0 Å². The number of rotatable bonds is 2. The lowest BCUT2D eigenvalue weighted by Crippen LogP contribution is -2.52. The zero-order chi connectivity index (χ0) is 13.3. The molecule has 0 aromatic carbocycles. The molecule has 0 spiro atoms. The van der Waals surface area contributed by atoms with Gasteiger partial charge in [-0.15, -0.1) is 0 Å². The van der Waals surface area contributed by atoms with Gasteiger partial charge in [-0.25, -0.2) is 4.79 Å². The molecule has 0 radical (unpaired) electrons. The Hall–Kier alpha value is -1.85. The molecule has 0 saturated carbocycles. The van der Waals surface area contributed by atoms with Crippen molar-refractivity contribution in [3.8, 4) is 0 Å². The number of carbonyl (C=O) groups excluding carboxylic acids is 1. The van der Waals surface area contributed by atoms with Gasteiger partial charge in [-0.3, -0.25) is 9.89 Å². The monoisotopic (exact) mass is 251 g/mol. The average molecular weight is 251 g/mol. The van der Waals surface area contributed by atoms with Crippen LogP contribution in [0.25, 0.3) is 0 Å². The number of carboxylic acids is 1. The molecular weight excluding hydrogens is 234 g/mol. The number of hydrogen-bond donors (Lipinski definition) is 2. The fourth-order valence-corrected chi connectivity index (χ4v) is 2.47. The number of amides is 1. The van der Waals surface area contributed by atoms with Crippen molar-refractivity contribution in [1.82, 2.24) is 15.1 Å². The Bertz CT molecular complexity index is 469. The molecule has 1 amide bonds. The third-order valence-electron chi connectivity index (χ3n) is 3.37. The summed E-state index contributed by atoms with van der Waals surface area (Å²) >= 11 is 0. The summed E-state index contributed by atoms with van der Waals surface area (Å²) in [6.07, 6.45) is 1.67. The third-order valence-corrected chi connectivity index (χ3v) is 3.37. The van der Waals surface area contributed by atoms with Crippen molar-refractivity contribution >= 4 is 11.9 Å². The maximum absolute atomic E-state index is 12.3. The maximum Gasteiger partial charge on any atom is 0.326 e. The fourth-order valence-electron chi connectivity index (χ4n) is 2.47.